The van der Waals surface area contributed by atoms with E-state index < -0.39 is 12.2 Å². The Balaban J connectivity index is 1.36. The van der Waals surface area contributed by atoms with Crippen molar-refractivity contribution >= 4 is 17.8 Å². The van der Waals surface area contributed by atoms with Crippen LogP contribution in [-0.4, -0.2) is 84.4 Å². The Hall–Kier alpha value is -5.16. The van der Waals surface area contributed by atoms with Crippen molar-refractivity contribution in [2.45, 2.75) is 84.2 Å². The summed E-state index contributed by atoms with van der Waals surface area (Å²) in [7, 11) is 0. The Morgan fingerprint density at radius 1 is 1.06 bits per heavy atom. The molecule has 2 fully saturated rings. The zero-order valence-electron chi connectivity index (χ0n) is 29.7. The monoisotopic (exact) mass is 691 g/mol. The number of phenolic OH excluding ortho intramolecular Hbond substituents is 1. The number of hydrogen-bond donors (Lipinski definition) is 2. The first-order chi connectivity index (χ1) is 24.8. The van der Waals surface area contributed by atoms with Crippen molar-refractivity contribution in [3.05, 3.63) is 119 Å². The Bertz CT molecular complexity index is 1780. The lowest BCUT2D eigenvalue weighted by Crippen LogP contribution is -2.76. The highest BCUT2D eigenvalue weighted by molar-refractivity contribution is 5.91. The van der Waals surface area contributed by atoms with Crippen molar-refractivity contribution in [1.82, 2.24) is 34.9 Å². The molecule has 11 heteroatoms. The molecule has 4 amide bonds. The Kier molecular flexibility index (Phi) is 11.4. The highest BCUT2D eigenvalue weighted by atomic mass is 16.3. The second-order valence-electron chi connectivity index (χ2n) is 13.4. The number of aromatic nitrogens is 2. The van der Waals surface area contributed by atoms with E-state index in [1.807, 2.05) is 30.3 Å². The van der Waals surface area contributed by atoms with Crippen LogP contribution < -0.4 is 5.32 Å². The largest absolute Gasteiger partial charge is 0.508 e. The number of benzene rings is 2. The molecule has 0 spiro atoms. The van der Waals surface area contributed by atoms with Gasteiger partial charge in [0, 0.05) is 25.2 Å². The predicted molar refractivity (Wildman–Crippen MR) is 196 cm³/mol. The SMILES string of the molecule is C=CCN1CC(=O)N2[C@@H](Cc3ccc(O)cc3)C(=O)N(Cc3nn(CC4=CC=CCC4)c(CCC)c3CC)C[C@@H]2N1C(=O)NCc1ccccc1. The van der Waals surface area contributed by atoms with Gasteiger partial charge in [0.05, 0.1) is 31.9 Å². The van der Waals surface area contributed by atoms with Gasteiger partial charge in [0.2, 0.25) is 11.8 Å². The molecular weight excluding hydrogens is 642 g/mol. The van der Waals surface area contributed by atoms with Crippen LogP contribution in [-0.2, 0) is 48.5 Å². The first-order valence-corrected chi connectivity index (χ1v) is 18.1. The lowest BCUT2D eigenvalue weighted by atomic mass is 9.98. The summed E-state index contributed by atoms with van der Waals surface area (Å²) in [5, 5.41) is 21.5. The van der Waals surface area contributed by atoms with E-state index >= 15 is 0 Å². The van der Waals surface area contributed by atoms with Gasteiger partial charge in [-0.05, 0) is 60.1 Å². The van der Waals surface area contributed by atoms with Gasteiger partial charge in [0.15, 0.2) is 0 Å². The van der Waals surface area contributed by atoms with Crippen LogP contribution in [0.2, 0.25) is 0 Å². The fourth-order valence-corrected chi connectivity index (χ4v) is 7.48. The van der Waals surface area contributed by atoms with Crippen molar-refractivity contribution in [3.8, 4) is 5.75 Å². The summed E-state index contributed by atoms with van der Waals surface area (Å²) < 4.78 is 2.12. The van der Waals surface area contributed by atoms with Gasteiger partial charge in [-0.25, -0.2) is 14.8 Å². The van der Waals surface area contributed by atoms with Crippen molar-refractivity contribution in [2.24, 2.45) is 0 Å². The van der Waals surface area contributed by atoms with Gasteiger partial charge in [-0.2, -0.15) is 5.10 Å². The summed E-state index contributed by atoms with van der Waals surface area (Å²) in [6.45, 7) is 9.80. The molecule has 0 saturated carbocycles. The first-order valence-electron chi connectivity index (χ1n) is 18.1. The van der Waals surface area contributed by atoms with E-state index in [0.29, 0.717) is 13.1 Å². The molecule has 2 saturated heterocycles. The van der Waals surface area contributed by atoms with Gasteiger partial charge in [-0.1, -0.05) is 87.0 Å². The second-order valence-corrected chi connectivity index (χ2v) is 13.4. The van der Waals surface area contributed by atoms with Crippen molar-refractivity contribution in [1.29, 1.82) is 0 Å². The number of urea groups is 1. The van der Waals surface area contributed by atoms with E-state index in [-0.39, 0.29) is 56.2 Å². The number of rotatable bonds is 13. The van der Waals surface area contributed by atoms with Crippen LogP contribution in [0.4, 0.5) is 4.79 Å². The standard InChI is InChI=1S/C40H49N7O4/c1-4-13-35-33(6-3)34(42-45(35)25-31-16-11-8-12-17-31)26-43-27-37-46(36(39(43)50)23-29-18-20-32(48)21-19-29)38(49)28-44(22-5-2)47(37)40(51)41-24-30-14-9-7-10-15-30/h5,7-11,14-16,18-21,36-37,48H,2,4,6,12-13,17,22-28H2,1,3H3,(H,41,51)/t36-,37-/m0/s1. The minimum Gasteiger partial charge on any atom is -0.508 e. The van der Waals surface area contributed by atoms with E-state index in [9.17, 15) is 19.5 Å². The van der Waals surface area contributed by atoms with Gasteiger partial charge in [-0.3, -0.25) is 14.3 Å². The Labute approximate surface area is 300 Å². The van der Waals surface area contributed by atoms with Crippen molar-refractivity contribution < 1.29 is 19.5 Å². The number of aromatic hydroxyl groups is 1. The minimum atomic E-state index is -0.863. The number of carbonyl (C=O) groups excluding carboxylic acids is 3. The molecule has 11 nitrogen and oxygen atoms in total. The van der Waals surface area contributed by atoms with Crippen LogP contribution in [0.5, 0.6) is 5.75 Å². The number of fused-ring (bicyclic) bond motifs is 1. The third kappa shape index (κ3) is 7.93. The van der Waals surface area contributed by atoms with E-state index in [2.05, 4.69) is 48.7 Å². The number of nitrogens with one attached hydrogen (secondary N) is 1. The van der Waals surface area contributed by atoms with Gasteiger partial charge >= 0.3 is 6.03 Å². The number of carbonyl (C=O) groups is 3. The van der Waals surface area contributed by atoms with Gasteiger partial charge in [-0.15, -0.1) is 6.58 Å². The van der Waals surface area contributed by atoms with E-state index in [1.165, 1.54) is 11.3 Å². The molecule has 2 aromatic carbocycles. The molecule has 3 aliphatic rings. The molecule has 6 rings (SSSR count). The fraction of sp³-hybridized carbons (Fsp3) is 0.400. The molecule has 268 valence electrons. The molecular formula is C40H49N7O4. The average Bonchev–Trinajstić information content (AvgIpc) is 3.45. The van der Waals surface area contributed by atoms with E-state index in [0.717, 1.165) is 54.5 Å². The van der Waals surface area contributed by atoms with Crippen LogP contribution in [0.3, 0.4) is 0 Å². The molecule has 3 heterocycles. The molecule has 2 aliphatic heterocycles. The summed E-state index contributed by atoms with van der Waals surface area (Å²) >= 11 is 0. The molecule has 51 heavy (non-hydrogen) atoms. The number of amides is 4. The molecule has 0 bridgehead atoms. The van der Waals surface area contributed by atoms with Gasteiger partial charge in [0.25, 0.3) is 0 Å². The number of phenols is 1. The molecule has 0 radical (unpaired) electrons. The van der Waals surface area contributed by atoms with Gasteiger partial charge in [0.1, 0.15) is 18.0 Å². The number of piperazine rings is 1. The Morgan fingerprint density at radius 2 is 1.84 bits per heavy atom. The van der Waals surface area contributed by atoms with Crippen molar-refractivity contribution in [2.75, 3.05) is 19.6 Å². The van der Waals surface area contributed by atoms with E-state index in [4.69, 9.17) is 5.10 Å². The lowest BCUT2D eigenvalue weighted by Gasteiger charge is -2.55. The summed E-state index contributed by atoms with van der Waals surface area (Å²) in [5.41, 5.74) is 6.27. The number of nitrogens with zero attached hydrogens (tertiary/aromatic N) is 6. The minimum absolute atomic E-state index is 0.0730. The lowest BCUT2D eigenvalue weighted by molar-refractivity contribution is -0.189. The van der Waals surface area contributed by atoms with Crippen LogP contribution in [0.25, 0.3) is 0 Å². The predicted octanol–water partition coefficient (Wildman–Crippen LogP) is 5.12. The molecule has 3 aromatic rings. The highest BCUT2D eigenvalue weighted by Gasteiger charge is 2.51. The molecule has 1 aromatic heterocycles. The van der Waals surface area contributed by atoms with Gasteiger partial charge < -0.3 is 20.2 Å². The van der Waals surface area contributed by atoms with Crippen LogP contribution >= 0.6 is 0 Å². The summed E-state index contributed by atoms with van der Waals surface area (Å²) in [5.74, 6) is -0.304. The van der Waals surface area contributed by atoms with Crippen LogP contribution in [0.15, 0.2) is 91.1 Å². The number of hydrogen-bond acceptors (Lipinski definition) is 6. The third-order valence-electron chi connectivity index (χ3n) is 9.91. The highest BCUT2D eigenvalue weighted by Crippen LogP contribution is 2.31. The maximum Gasteiger partial charge on any atom is 0.334 e. The fourth-order valence-electron chi connectivity index (χ4n) is 7.48. The smallest absolute Gasteiger partial charge is 0.334 e. The number of allylic oxidation sites excluding steroid dienone is 4. The topological polar surface area (TPSA) is 114 Å². The second kappa shape index (κ2) is 16.2. The first kappa shape index (κ1) is 35.7. The maximum absolute atomic E-state index is 14.6. The zero-order valence-corrected chi connectivity index (χ0v) is 29.7. The van der Waals surface area contributed by atoms with Crippen molar-refractivity contribution in [3.63, 3.8) is 0 Å². The summed E-state index contributed by atoms with van der Waals surface area (Å²) in [6.07, 6.45) is 12.3. The molecule has 0 unspecified atom stereocenters. The summed E-state index contributed by atoms with van der Waals surface area (Å²) in [4.78, 5) is 46.1. The quantitative estimate of drug-likeness (QED) is 0.241. The molecule has 1 aliphatic carbocycles. The molecule has 2 N–H and O–H groups in total. The van der Waals surface area contributed by atoms with Crippen LogP contribution in [0, 0.1) is 0 Å². The summed E-state index contributed by atoms with van der Waals surface area (Å²) in [6, 6.07) is 15.1. The van der Waals surface area contributed by atoms with E-state index in [1.54, 1.807) is 50.2 Å². The third-order valence-corrected chi connectivity index (χ3v) is 9.91. The normalized spacial score (nSPS) is 19.3. The Morgan fingerprint density at radius 3 is 2.53 bits per heavy atom. The van der Waals surface area contributed by atoms with Crippen LogP contribution in [0.1, 0.15) is 61.2 Å². The molecule has 2 atom stereocenters. The zero-order chi connectivity index (χ0) is 35.9. The maximum atomic E-state index is 14.6. The average molecular weight is 692 g/mol. The number of hydrazine groups is 1.